The van der Waals surface area contributed by atoms with Crippen LogP contribution >= 0.6 is 23.2 Å². The molecule has 0 saturated heterocycles. The Morgan fingerprint density at radius 2 is 1.94 bits per heavy atom. The maximum absolute atomic E-state index is 12.1. The van der Waals surface area contributed by atoms with Gasteiger partial charge in [-0.25, -0.2) is 8.42 Å². The molecule has 0 radical (unpaired) electrons. The SMILES string of the molecule is CCNC(C)CCS(=O)(=O)c1ccc(Cl)c(Cl)c1. The largest absolute Gasteiger partial charge is 0.314 e. The van der Waals surface area contributed by atoms with Crippen molar-refractivity contribution in [3.8, 4) is 0 Å². The third-order valence-corrected chi connectivity index (χ3v) is 5.11. The van der Waals surface area contributed by atoms with Gasteiger partial charge in [-0.05, 0) is 38.1 Å². The summed E-state index contributed by atoms with van der Waals surface area (Å²) in [5.41, 5.74) is 0. The van der Waals surface area contributed by atoms with Crippen molar-refractivity contribution in [3.05, 3.63) is 28.2 Å². The van der Waals surface area contributed by atoms with E-state index in [0.29, 0.717) is 11.4 Å². The molecule has 1 rings (SSSR count). The van der Waals surface area contributed by atoms with E-state index in [9.17, 15) is 8.42 Å². The van der Waals surface area contributed by atoms with Crippen LogP contribution in [0, 0.1) is 0 Å². The Morgan fingerprint density at radius 1 is 1.28 bits per heavy atom. The quantitative estimate of drug-likeness (QED) is 0.878. The summed E-state index contributed by atoms with van der Waals surface area (Å²) in [6.07, 6.45) is 0.566. The maximum atomic E-state index is 12.1. The summed E-state index contributed by atoms with van der Waals surface area (Å²) < 4.78 is 24.1. The Balaban J connectivity index is 2.77. The van der Waals surface area contributed by atoms with Gasteiger partial charge in [0.1, 0.15) is 0 Å². The second-order valence-corrected chi connectivity index (χ2v) is 7.07. The van der Waals surface area contributed by atoms with Crippen molar-refractivity contribution in [1.82, 2.24) is 5.32 Å². The number of nitrogens with one attached hydrogen (secondary N) is 1. The molecule has 1 atom stereocenters. The first-order chi connectivity index (χ1) is 8.36. The lowest BCUT2D eigenvalue weighted by atomic mass is 10.3. The molecular formula is C12H17Cl2NO2S. The molecule has 0 aliphatic carbocycles. The molecule has 0 aliphatic rings. The van der Waals surface area contributed by atoms with Crippen molar-refractivity contribution in [2.24, 2.45) is 0 Å². The van der Waals surface area contributed by atoms with Crippen molar-refractivity contribution in [3.63, 3.8) is 0 Å². The molecule has 1 N–H and O–H groups in total. The van der Waals surface area contributed by atoms with Crippen LogP contribution in [0.5, 0.6) is 0 Å². The van der Waals surface area contributed by atoms with Crippen LogP contribution in [0.2, 0.25) is 10.0 Å². The third-order valence-electron chi connectivity index (χ3n) is 2.62. The molecule has 102 valence electrons. The number of hydrogen-bond acceptors (Lipinski definition) is 3. The second-order valence-electron chi connectivity index (χ2n) is 4.14. The summed E-state index contributed by atoms with van der Waals surface area (Å²) >= 11 is 11.6. The highest BCUT2D eigenvalue weighted by Gasteiger charge is 2.16. The van der Waals surface area contributed by atoms with Crippen LogP contribution in [0.15, 0.2) is 23.1 Å². The zero-order chi connectivity index (χ0) is 13.8. The topological polar surface area (TPSA) is 46.2 Å². The lowest BCUT2D eigenvalue weighted by molar-refractivity contribution is 0.541. The van der Waals surface area contributed by atoms with Gasteiger partial charge in [0.25, 0.3) is 0 Å². The van der Waals surface area contributed by atoms with E-state index in [-0.39, 0.29) is 21.7 Å². The highest BCUT2D eigenvalue weighted by Crippen LogP contribution is 2.25. The van der Waals surface area contributed by atoms with Crippen molar-refractivity contribution in [2.45, 2.75) is 31.2 Å². The summed E-state index contributed by atoms with van der Waals surface area (Å²) in [5, 5.41) is 3.80. The first-order valence-electron chi connectivity index (χ1n) is 5.78. The lowest BCUT2D eigenvalue weighted by Crippen LogP contribution is -2.27. The van der Waals surface area contributed by atoms with Crippen molar-refractivity contribution < 1.29 is 8.42 Å². The van der Waals surface area contributed by atoms with Crippen LogP contribution in [0.3, 0.4) is 0 Å². The molecule has 0 bridgehead atoms. The minimum atomic E-state index is -3.30. The monoisotopic (exact) mass is 309 g/mol. The molecule has 0 spiro atoms. The van der Waals surface area contributed by atoms with Crippen molar-refractivity contribution in [2.75, 3.05) is 12.3 Å². The van der Waals surface area contributed by atoms with E-state index < -0.39 is 9.84 Å². The average molecular weight is 310 g/mol. The number of halogens is 2. The molecule has 1 aromatic rings. The van der Waals surface area contributed by atoms with E-state index in [2.05, 4.69) is 5.32 Å². The van der Waals surface area contributed by atoms with Crippen LogP contribution in [-0.2, 0) is 9.84 Å². The lowest BCUT2D eigenvalue weighted by Gasteiger charge is -2.12. The molecular weight excluding hydrogens is 293 g/mol. The van der Waals surface area contributed by atoms with Crippen molar-refractivity contribution in [1.29, 1.82) is 0 Å². The highest BCUT2D eigenvalue weighted by atomic mass is 35.5. The predicted octanol–water partition coefficient (Wildman–Crippen LogP) is 3.16. The maximum Gasteiger partial charge on any atom is 0.178 e. The zero-order valence-corrected chi connectivity index (χ0v) is 12.7. The van der Waals surface area contributed by atoms with Gasteiger partial charge in [0, 0.05) is 6.04 Å². The third kappa shape index (κ3) is 4.43. The zero-order valence-electron chi connectivity index (χ0n) is 10.4. The molecule has 3 nitrogen and oxygen atoms in total. The van der Waals surface area contributed by atoms with Gasteiger partial charge >= 0.3 is 0 Å². The van der Waals surface area contributed by atoms with E-state index in [1.54, 1.807) is 0 Å². The van der Waals surface area contributed by atoms with Crippen LogP contribution in [-0.4, -0.2) is 26.8 Å². The Labute approximate surface area is 118 Å². The fraction of sp³-hybridized carbons (Fsp3) is 0.500. The summed E-state index contributed by atoms with van der Waals surface area (Å²) in [4.78, 5) is 0.223. The normalized spacial score (nSPS) is 13.6. The Morgan fingerprint density at radius 3 is 2.50 bits per heavy atom. The molecule has 0 aromatic heterocycles. The number of hydrogen-bond donors (Lipinski definition) is 1. The molecule has 1 aromatic carbocycles. The van der Waals surface area contributed by atoms with Crippen LogP contribution < -0.4 is 5.32 Å². The molecule has 0 saturated carbocycles. The van der Waals surface area contributed by atoms with E-state index in [4.69, 9.17) is 23.2 Å². The van der Waals surface area contributed by atoms with Gasteiger partial charge in [-0.1, -0.05) is 30.1 Å². The number of benzene rings is 1. The first-order valence-corrected chi connectivity index (χ1v) is 8.19. The number of sulfone groups is 1. The fourth-order valence-electron chi connectivity index (χ4n) is 1.57. The van der Waals surface area contributed by atoms with E-state index in [1.165, 1.54) is 18.2 Å². The van der Waals surface area contributed by atoms with E-state index in [0.717, 1.165) is 6.54 Å². The molecule has 18 heavy (non-hydrogen) atoms. The summed E-state index contributed by atoms with van der Waals surface area (Å²) in [7, 11) is -3.30. The Bertz CT molecular complexity index is 503. The van der Waals surface area contributed by atoms with Gasteiger partial charge in [-0.15, -0.1) is 0 Å². The molecule has 0 amide bonds. The Hall–Kier alpha value is -0.290. The highest BCUT2D eigenvalue weighted by molar-refractivity contribution is 7.91. The van der Waals surface area contributed by atoms with E-state index >= 15 is 0 Å². The first kappa shape index (κ1) is 15.8. The molecule has 0 heterocycles. The van der Waals surface area contributed by atoms with Crippen molar-refractivity contribution >= 4 is 33.0 Å². The van der Waals surface area contributed by atoms with Gasteiger partial charge in [-0.3, -0.25) is 0 Å². The molecule has 0 fully saturated rings. The second kappa shape index (κ2) is 6.75. The van der Waals surface area contributed by atoms with Gasteiger partial charge in [0.05, 0.1) is 20.7 Å². The molecule has 0 aliphatic heterocycles. The van der Waals surface area contributed by atoms with Crippen LogP contribution in [0.4, 0.5) is 0 Å². The molecule has 1 unspecified atom stereocenters. The van der Waals surface area contributed by atoms with Gasteiger partial charge in [-0.2, -0.15) is 0 Å². The molecule has 6 heteroatoms. The number of rotatable bonds is 6. The minimum Gasteiger partial charge on any atom is -0.314 e. The minimum absolute atomic E-state index is 0.0964. The summed E-state index contributed by atoms with van der Waals surface area (Å²) in [5.74, 6) is 0.0964. The summed E-state index contributed by atoms with van der Waals surface area (Å²) in [6, 6.07) is 4.57. The predicted molar refractivity (Wildman–Crippen MR) is 76.3 cm³/mol. The van der Waals surface area contributed by atoms with Gasteiger partial charge in [0.15, 0.2) is 9.84 Å². The van der Waals surface area contributed by atoms with E-state index in [1.807, 2.05) is 13.8 Å². The smallest absolute Gasteiger partial charge is 0.178 e. The van der Waals surface area contributed by atoms with Crippen LogP contribution in [0.25, 0.3) is 0 Å². The van der Waals surface area contributed by atoms with Gasteiger partial charge < -0.3 is 5.32 Å². The summed E-state index contributed by atoms with van der Waals surface area (Å²) in [6.45, 7) is 4.78. The Kier molecular flexibility index (Phi) is 5.92. The standard InChI is InChI=1S/C12H17Cl2NO2S/c1-3-15-9(2)6-7-18(16,17)10-4-5-11(13)12(14)8-10/h4-5,8-9,15H,3,6-7H2,1-2H3. The van der Waals surface area contributed by atoms with Gasteiger partial charge in [0.2, 0.25) is 0 Å². The average Bonchev–Trinajstić information content (AvgIpc) is 2.30. The van der Waals surface area contributed by atoms with Crippen LogP contribution in [0.1, 0.15) is 20.3 Å². The fourth-order valence-corrected chi connectivity index (χ4v) is 3.41.